The number of rotatable bonds is 7. The summed E-state index contributed by atoms with van der Waals surface area (Å²) in [5, 5.41) is 109. The van der Waals surface area contributed by atoms with Crippen LogP contribution in [0.5, 0.6) is 0 Å². The predicted octanol–water partition coefficient (Wildman–Crippen LogP) is -7.57. The molecule has 11 N–H and O–H groups in total. The van der Waals surface area contributed by atoms with Crippen LogP contribution in [0.1, 0.15) is 0 Å². The molecule has 3 heterocycles. The van der Waals surface area contributed by atoms with Crippen molar-refractivity contribution in [1.29, 1.82) is 0 Å². The Kier molecular flexibility index (Phi) is 9.54. The van der Waals surface area contributed by atoms with Gasteiger partial charge < -0.3 is 79.9 Å². The number of hydrogen-bond donors (Lipinski definition) is 11. The smallest absolute Gasteiger partial charge is 0.187 e. The predicted molar refractivity (Wildman–Crippen MR) is 101 cm³/mol. The Morgan fingerprint density at radius 2 is 0.853 bits per heavy atom. The van der Waals surface area contributed by atoms with Gasteiger partial charge in [-0.1, -0.05) is 0 Å². The van der Waals surface area contributed by atoms with Crippen molar-refractivity contribution in [3.05, 3.63) is 0 Å². The number of aliphatic hydroxyl groups excluding tert-OH is 11. The summed E-state index contributed by atoms with van der Waals surface area (Å²) in [5.74, 6) is 0. The molecule has 15 atom stereocenters. The lowest BCUT2D eigenvalue weighted by molar-refractivity contribution is -0.391. The van der Waals surface area contributed by atoms with E-state index in [-0.39, 0.29) is 0 Å². The molecule has 0 unspecified atom stereocenters. The molecule has 16 heteroatoms. The van der Waals surface area contributed by atoms with E-state index < -0.39 is 112 Å². The van der Waals surface area contributed by atoms with E-state index in [1.807, 2.05) is 0 Å². The summed E-state index contributed by atoms with van der Waals surface area (Å²) < 4.78 is 26.5. The van der Waals surface area contributed by atoms with E-state index in [2.05, 4.69) is 0 Å². The molecule has 3 saturated heterocycles. The standard InChI is InChI=1S/C18H32O16/c19-1-4-8(23)11(26)14(16(29)30-4)33-18-15(12(27)9(24)6(3-21)32-18)34-17-13(28)10(25)7(22)5(2-20)31-17/h4-29H,1-3H2/t4-,5-,6-,7+,8+,9+,10+,11+,12+,13-,14-,15-,16-,17+,18+/m1/s1. The molecule has 34 heavy (non-hydrogen) atoms. The van der Waals surface area contributed by atoms with Crippen molar-refractivity contribution in [2.24, 2.45) is 0 Å². The van der Waals surface area contributed by atoms with E-state index in [1.165, 1.54) is 0 Å². The summed E-state index contributed by atoms with van der Waals surface area (Å²) in [4.78, 5) is 0. The topological polar surface area (TPSA) is 269 Å². The highest BCUT2D eigenvalue weighted by Crippen LogP contribution is 2.32. The van der Waals surface area contributed by atoms with Crippen LogP contribution in [-0.2, 0) is 23.7 Å². The third-order valence-corrected chi connectivity index (χ3v) is 6.10. The number of ether oxygens (including phenoxy) is 5. The lowest BCUT2D eigenvalue weighted by atomic mass is 9.96. The second-order valence-electron chi connectivity index (χ2n) is 8.33. The minimum Gasteiger partial charge on any atom is -0.394 e. The fourth-order valence-corrected chi connectivity index (χ4v) is 4.02. The SMILES string of the molecule is OC[C@H]1O[C@@H](O[C@H]2[C@H](O[C@@H]3[C@@H](O)[C@@H](O)[C@@H](CO)O[C@H]3O)O[C@H](CO)[C@H](O)[C@@H]2O)[C@H](O)[C@@H](O)[C@H]1O. The van der Waals surface area contributed by atoms with Gasteiger partial charge in [0.2, 0.25) is 0 Å². The van der Waals surface area contributed by atoms with Crippen LogP contribution in [0, 0.1) is 0 Å². The minimum atomic E-state index is -1.90. The van der Waals surface area contributed by atoms with E-state index in [1.54, 1.807) is 0 Å². The summed E-state index contributed by atoms with van der Waals surface area (Å²) in [6, 6.07) is 0. The van der Waals surface area contributed by atoms with Gasteiger partial charge in [0.25, 0.3) is 0 Å². The molecule has 0 saturated carbocycles. The highest BCUT2D eigenvalue weighted by Gasteiger charge is 2.53. The van der Waals surface area contributed by atoms with Gasteiger partial charge in [-0.2, -0.15) is 0 Å². The third kappa shape index (κ3) is 5.37. The van der Waals surface area contributed by atoms with E-state index in [9.17, 15) is 56.2 Å². The van der Waals surface area contributed by atoms with Gasteiger partial charge in [-0.3, -0.25) is 0 Å². The third-order valence-electron chi connectivity index (χ3n) is 6.10. The molecule has 0 amide bonds. The van der Waals surface area contributed by atoms with Crippen LogP contribution < -0.4 is 0 Å². The average molecular weight is 504 g/mol. The van der Waals surface area contributed by atoms with Gasteiger partial charge in [0.1, 0.15) is 73.2 Å². The van der Waals surface area contributed by atoms with Crippen molar-refractivity contribution in [3.8, 4) is 0 Å². The van der Waals surface area contributed by atoms with Crippen molar-refractivity contribution in [2.45, 2.75) is 92.1 Å². The van der Waals surface area contributed by atoms with Crippen LogP contribution in [0.25, 0.3) is 0 Å². The second-order valence-corrected chi connectivity index (χ2v) is 8.33. The quantitative estimate of drug-likeness (QED) is 0.154. The van der Waals surface area contributed by atoms with Crippen LogP contribution in [0.15, 0.2) is 0 Å². The highest BCUT2D eigenvalue weighted by molar-refractivity contribution is 4.95. The molecule has 0 aromatic carbocycles. The van der Waals surface area contributed by atoms with Crippen molar-refractivity contribution in [2.75, 3.05) is 19.8 Å². The normalized spacial score (nSPS) is 52.5. The Labute approximate surface area is 192 Å². The first-order valence-corrected chi connectivity index (χ1v) is 10.6. The summed E-state index contributed by atoms with van der Waals surface area (Å²) in [6.07, 6.45) is -25.7. The van der Waals surface area contributed by atoms with Crippen molar-refractivity contribution >= 4 is 0 Å². The van der Waals surface area contributed by atoms with E-state index >= 15 is 0 Å². The maximum Gasteiger partial charge on any atom is 0.187 e. The Hall–Kier alpha value is -0.640. The Balaban J connectivity index is 1.82. The molecular formula is C18H32O16. The zero-order valence-corrected chi connectivity index (χ0v) is 17.7. The van der Waals surface area contributed by atoms with Gasteiger partial charge >= 0.3 is 0 Å². The largest absolute Gasteiger partial charge is 0.394 e. The van der Waals surface area contributed by atoms with Gasteiger partial charge in [0, 0.05) is 0 Å². The first-order valence-electron chi connectivity index (χ1n) is 10.6. The average Bonchev–Trinajstić information content (AvgIpc) is 2.83. The van der Waals surface area contributed by atoms with Crippen molar-refractivity contribution in [1.82, 2.24) is 0 Å². The fraction of sp³-hybridized carbons (Fsp3) is 1.00. The first-order chi connectivity index (χ1) is 16.0. The second kappa shape index (κ2) is 11.6. The minimum absolute atomic E-state index is 0.734. The summed E-state index contributed by atoms with van der Waals surface area (Å²) in [5.41, 5.74) is 0. The van der Waals surface area contributed by atoms with E-state index in [0.717, 1.165) is 0 Å². The molecule has 3 fully saturated rings. The van der Waals surface area contributed by atoms with Crippen LogP contribution in [-0.4, -0.2) is 168 Å². The van der Waals surface area contributed by atoms with Crippen LogP contribution in [0.2, 0.25) is 0 Å². The molecule has 0 bridgehead atoms. The van der Waals surface area contributed by atoms with E-state index in [4.69, 9.17) is 23.7 Å². The monoisotopic (exact) mass is 504 g/mol. The lowest BCUT2D eigenvalue weighted by Gasteiger charge is -2.48. The summed E-state index contributed by atoms with van der Waals surface area (Å²) >= 11 is 0. The van der Waals surface area contributed by atoms with Crippen LogP contribution in [0.3, 0.4) is 0 Å². The van der Waals surface area contributed by atoms with Crippen molar-refractivity contribution < 1.29 is 79.9 Å². The fourth-order valence-electron chi connectivity index (χ4n) is 4.02. The first kappa shape index (κ1) is 27.9. The van der Waals surface area contributed by atoms with Gasteiger partial charge in [0.15, 0.2) is 18.9 Å². The maximum absolute atomic E-state index is 10.6. The van der Waals surface area contributed by atoms with Crippen molar-refractivity contribution in [3.63, 3.8) is 0 Å². The molecule has 0 aliphatic carbocycles. The molecule has 3 rings (SSSR count). The lowest BCUT2D eigenvalue weighted by Crippen LogP contribution is -2.66. The molecule has 0 aromatic rings. The Bertz CT molecular complexity index is 639. The molecule has 0 aromatic heterocycles. The van der Waals surface area contributed by atoms with E-state index in [0.29, 0.717) is 0 Å². The number of hydrogen-bond acceptors (Lipinski definition) is 16. The van der Waals surface area contributed by atoms with Crippen LogP contribution in [0.4, 0.5) is 0 Å². The molecule has 200 valence electrons. The Morgan fingerprint density at radius 1 is 0.441 bits per heavy atom. The van der Waals surface area contributed by atoms with Gasteiger partial charge in [0.05, 0.1) is 19.8 Å². The van der Waals surface area contributed by atoms with Gasteiger partial charge in [-0.15, -0.1) is 0 Å². The summed E-state index contributed by atoms with van der Waals surface area (Å²) in [7, 11) is 0. The Morgan fingerprint density at radius 3 is 1.38 bits per heavy atom. The summed E-state index contributed by atoms with van der Waals surface area (Å²) in [6.45, 7) is -2.31. The molecular weight excluding hydrogens is 472 g/mol. The molecule has 16 nitrogen and oxygen atoms in total. The molecule has 0 radical (unpaired) electrons. The molecule has 0 spiro atoms. The highest BCUT2D eigenvalue weighted by atomic mass is 16.8. The molecule has 3 aliphatic heterocycles. The zero-order valence-electron chi connectivity index (χ0n) is 17.7. The van der Waals surface area contributed by atoms with Gasteiger partial charge in [-0.05, 0) is 0 Å². The maximum atomic E-state index is 10.6. The van der Waals surface area contributed by atoms with Crippen LogP contribution >= 0.6 is 0 Å². The van der Waals surface area contributed by atoms with Gasteiger partial charge in [-0.25, -0.2) is 0 Å². The zero-order chi connectivity index (χ0) is 25.3. The molecule has 3 aliphatic rings. The number of aliphatic hydroxyl groups is 11.